The lowest BCUT2D eigenvalue weighted by atomic mass is 9.94. The molecule has 0 spiro atoms. The second-order valence-corrected chi connectivity index (χ2v) is 5.98. The molecule has 1 aromatic carbocycles. The predicted octanol–water partition coefficient (Wildman–Crippen LogP) is 2.67. The molecule has 1 aliphatic heterocycles. The standard InChI is InChI=1S/C15H16ClNO3/c16-12-7-2-1-5-11(12)14(18)17-8-9-4-3-6-10(9)13(17)15(19)20/h1-2,5,7,9-10,13H,3-4,6,8H2,(H,19,20). The van der Waals surface area contributed by atoms with Gasteiger partial charge in [0.15, 0.2) is 0 Å². The Labute approximate surface area is 122 Å². The summed E-state index contributed by atoms with van der Waals surface area (Å²) in [5.74, 6) is -0.751. The molecular formula is C15H16ClNO3. The third-order valence-corrected chi connectivity index (χ3v) is 4.84. The number of likely N-dealkylation sites (tertiary alicyclic amines) is 1. The summed E-state index contributed by atoms with van der Waals surface area (Å²) < 4.78 is 0. The van der Waals surface area contributed by atoms with E-state index in [0.29, 0.717) is 23.0 Å². The molecule has 5 heteroatoms. The molecule has 1 N–H and O–H groups in total. The van der Waals surface area contributed by atoms with Crippen LogP contribution in [0.25, 0.3) is 0 Å². The first-order valence-electron chi connectivity index (χ1n) is 6.88. The van der Waals surface area contributed by atoms with Crippen molar-refractivity contribution in [3.05, 3.63) is 34.9 Å². The van der Waals surface area contributed by atoms with E-state index in [9.17, 15) is 14.7 Å². The summed E-state index contributed by atoms with van der Waals surface area (Å²) in [5.41, 5.74) is 0.389. The third-order valence-electron chi connectivity index (χ3n) is 4.51. The molecule has 1 aromatic rings. The zero-order valence-corrected chi connectivity index (χ0v) is 11.7. The minimum absolute atomic E-state index is 0.0962. The maximum absolute atomic E-state index is 12.6. The number of halogens is 1. The molecule has 1 saturated heterocycles. The first kappa shape index (κ1) is 13.4. The van der Waals surface area contributed by atoms with Gasteiger partial charge in [-0.2, -0.15) is 0 Å². The first-order chi connectivity index (χ1) is 9.59. The predicted molar refractivity (Wildman–Crippen MR) is 74.7 cm³/mol. The van der Waals surface area contributed by atoms with E-state index in [0.717, 1.165) is 19.3 Å². The molecule has 1 amide bonds. The lowest BCUT2D eigenvalue weighted by molar-refractivity contribution is -0.142. The molecular weight excluding hydrogens is 278 g/mol. The minimum Gasteiger partial charge on any atom is -0.480 e. The zero-order valence-electron chi connectivity index (χ0n) is 11.0. The van der Waals surface area contributed by atoms with Crippen molar-refractivity contribution in [2.75, 3.05) is 6.54 Å². The molecule has 20 heavy (non-hydrogen) atoms. The maximum atomic E-state index is 12.6. The van der Waals surface area contributed by atoms with Gasteiger partial charge in [0, 0.05) is 6.54 Å². The van der Waals surface area contributed by atoms with Crippen LogP contribution < -0.4 is 0 Å². The van der Waals surface area contributed by atoms with Gasteiger partial charge in [0.25, 0.3) is 5.91 Å². The Balaban J connectivity index is 1.91. The summed E-state index contributed by atoms with van der Waals surface area (Å²) in [4.78, 5) is 25.6. The van der Waals surface area contributed by atoms with Crippen LogP contribution in [0.2, 0.25) is 5.02 Å². The monoisotopic (exact) mass is 293 g/mol. The molecule has 4 nitrogen and oxygen atoms in total. The van der Waals surface area contributed by atoms with Crippen LogP contribution in [0.1, 0.15) is 29.6 Å². The van der Waals surface area contributed by atoms with Gasteiger partial charge in [-0.15, -0.1) is 0 Å². The number of carboxylic acid groups (broad SMARTS) is 1. The number of rotatable bonds is 2. The number of amides is 1. The van der Waals surface area contributed by atoms with E-state index in [1.54, 1.807) is 24.3 Å². The van der Waals surface area contributed by atoms with Gasteiger partial charge in [-0.25, -0.2) is 4.79 Å². The summed E-state index contributed by atoms with van der Waals surface area (Å²) in [5, 5.41) is 9.84. The Morgan fingerprint density at radius 3 is 2.70 bits per heavy atom. The molecule has 1 heterocycles. The Hall–Kier alpha value is -1.55. The SMILES string of the molecule is O=C(O)C1C2CCCC2CN1C(=O)c1ccccc1Cl. The fourth-order valence-electron chi connectivity index (χ4n) is 3.62. The summed E-state index contributed by atoms with van der Waals surface area (Å²) in [7, 11) is 0. The van der Waals surface area contributed by atoms with E-state index in [4.69, 9.17) is 11.6 Å². The van der Waals surface area contributed by atoms with Crippen LogP contribution in [0.3, 0.4) is 0 Å². The van der Waals surface area contributed by atoms with Crippen LogP contribution in [-0.2, 0) is 4.79 Å². The molecule has 0 bridgehead atoms. The number of nitrogens with zero attached hydrogens (tertiary/aromatic N) is 1. The minimum atomic E-state index is -0.903. The van der Waals surface area contributed by atoms with Gasteiger partial charge in [-0.1, -0.05) is 30.2 Å². The van der Waals surface area contributed by atoms with Crippen molar-refractivity contribution < 1.29 is 14.7 Å². The highest BCUT2D eigenvalue weighted by Gasteiger charge is 2.49. The van der Waals surface area contributed by atoms with Crippen LogP contribution in [0.15, 0.2) is 24.3 Å². The van der Waals surface area contributed by atoms with E-state index in [-0.39, 0.29) is 11.8 Å². The molecule has 3 rings (SSSR count). The fraction of sp³-hybridized carbons (Fsp3) is 0.467. The number of benzene rings is 1. The average Bonchev–Trinajstić information content (AvgIpc) is 2.97. The molecule has 0 aromatic heterocycles. The number of hydrogen-bond acceptors (Lipinski definition) is 2. The molecule has 2 fully saturated rings. The van der Waals surface area contributed by atoms with Crippen LogP contribution in [0.4, 0.5) is 0 Å². The van der Waals surface area contributed by atoms with Gasteiger partial charge in [0.05, 0.1) is 10.6 Å². The molecule has 0 radical (unpaired) electrons. The quantitative estimate of drug-likeness (QED) is 0.912. The van der Waals surface area contributed by atoms with Crippen LogP contribution in [0, 0.1) is 11.8 Å². The second kappa shape index (κ2) is 5.09. The molecule has 1 saturated carbocycles. The molecule has 2 aliphatic rings. The molecule has 3 unspecified atom stereocenters. The number of carbonyl (C=O) groups is 2. The Morgan fingerprint density at radius 1 is 1.25 bits per heavy atom. The van der Waals surface area contributed by atoms with Gasteiger partial charge < -0.3 is 10.0 Å². The first-order valence-corrected chi connectivity index (χ1v) is 7.25. The number of aliphatic carboxylic acids is 1. The maximum Gasteiger partial charge on any atom is 0.326 e. The van der Waals surface area contributed by atoms with Gasteiger partial charge in [0.2, 0.25) is 0 Å². The Kier molecular flexibility index (Phi) is 3.42. The van der Waals surface area contributed by atoms with Crippen molar-refractivity contribution in [3.63, 3.8) is 0 Å². The highest BCUT2D eigenvalue weighted by molar-refractivity contribution is 6.33. The second-order valence-electron chi connectivity index (χ2n) is 5.58. The van der Waals surface area contributed by atoms with E-state index in [2.05, 4.69) is 0 Å². The van der Waals surface area contributed by atoms with Crippen molar-refractivity contribution >= 4 is 23.5 Å². The smallest absolute Gasteiger partial charge is 0.326 e. The number of hydrogen-bond donors (Lipinski definition) is 1. The Morgan fingerprint density at radius 2 is 2.00 bits per heavy atom. The van der Waals surface area contributed by atoms with E-state index < -0.39 is 12.0 Å². The topological polar surface area (TPSA) is 57.6 Å². The fourth-order valence-corrected chi connectivity index (χ4v) is 3.84. The highest BCUT2D eigenvalue weighted by atomic mass is 35.5. The number of fused-ring (bicyclic) bond motifs is 1. The molecule has 1 aliphatic carbocycles. The summed E-state index contributed by atoms with van der Waals surface area (Å²) in [6, 6.07) is 6.10. The van der Waals surface area contributed by atoms with E-state index >= 15 is 0 Å². The van der Waals surface area contributed by atoms with Crippen LogP contribution in [-0.4, -0.2) is 34.5 Å². The van der Waals surface area contributed by atoms with E-state index in [1.807, 2.05) is 0 Å². The zero-order chi connectivity index (χ0) is 14.3. The lowest BCUT2D eigenvalue weighted by Crippen LogP contribution is -2.43. The normalized spacial score (nSPS) is 28.4. The Bertz CT molecular complexity index is 560. The van der Waals surface area contributed by atoms with Gasteiger partial charge >= 0.3 is 5.97 Å². The van der Waals surface area contributed by atoms with Crippen molar-refractivity contribution in [3.8, 4) is 0 Å². The van der Waals surface area contributed by atoms with Gasteiger partial charge in [-0.3, -0.25) is 4.79 Å². The highest BCUT2D eigenvalue weighted by Crippen LogP contribution is 2.43. The molecule has 106 valence electrons. The number of carbonyl (C=O) groups excluding carboxylic acids is 1. The molecule has 3 atom stereocenters. The van der Waals surface area contributed by atoms with E-state index in [1.165, 1.54) is 4.90 Å². The van der Waals surface area contributed by atoms with Crippen LogP contribution in [0.5, 0.6) is 0 Å². The summed E-state index contributed by atoms with van der Waals surface area (Å²) in [6.07, 6.45) is 2.97. The van der Waals surface area contributed by atoms with Crippen molar-refractivity contribution in [1.29, 1.82) is 0 Å². The van der Waals surface area contributed by atoms with Crippen molar-refractivity contribution in [1.82, 2.24) is 4.90 Å². The largest absolute Gasteiger partial charge is 0.480 e. The third kappa shape index (κ3) is 2.08. The number of carboxylic acids is 1. The van der Waals surface area contributed by atoms with Crippen molar-refractivity contribution in [2.24, 2.45) is 11.8 Å². The van der Waals surface area contributed by atoms with Gasteiger partial charge in [-0.05, 0) is 36.8 Å². The van der Waals surface area contributed by atoms with Crippen LogP contribution >= 0.6 is 11.6 Å². The van der Waals surface area contributed by atoms with Crippen molar-refractivity contribution in [2.45, 2.75) is 25.3 Å². The average molecular weight is 294 g/mol. The summed E-state index contributed by atoms with van der Waals surface area (Å²) in [6.45, 7) is 0.533. The summed E-state index contributed by atoms with van der Waals surface area (Å²) >= 11 is 6.05. The van der Waals surface area contributed by atoms with Gasteiger partial charge in [0.1, 0.15) is 6.04 Å². The lowest BCUT2D eigenvalue weighted by Gasteiger charge is -2.24.